The molecule has 2 heterocycles. The highest BCUT2D eigenvalue weighted by Crippen LogP contribution is 2.08. The average molecular weight is 230 g/mol. The van der Waals surface area contributed by atoms with Crippen LogP contribution in [0.2, 0.25) is 0 Å². The van der Waals surface area contributed by atoms with Crippen molar-refractivity contribution in [1.29, 1.82) is 0 Å². The summed E-state index contributed by atoms with van der Waals surface area (Å²) in [4.78, 5) is 8.38. The first-order chi connectivity index (χ1) is 8.29. The van der Waals surface area contributed by atoms with Crippen molar-refractivity contribution in [3.63, 3.8) is 0 Å². The van der Waals surface area contributed by atoms with Gasteiger partial charge in [-0.1, -0.05) is 6.92 Å². The molecule has 0 spiro atoms. The van der Waals surface area contributed by atoms with Crippen molar-refractivity contribution < 1.29 is 0 Å². The molecule has 0 unspecified atom stereocenters. The number of imidazole rings is 1. The summed E-state index contributed by atoms with van der Waals surface area (Å²) in [5, 5.41) is 0. The fraction of sp³-hybridized carbons (Fsp3) is 0.385. The van der Waals surface area contributed by atoms with Crippen molar-refractivity contribution >= 4 is 5.82 Å². The van der Waals surface area contributed by atoms with Gasteiger partial charge in [0.2, 0.25) is 0 Å². The van der Waals surface area contributed by atoms with Crippen molar-refractivity contribution in [3.8, 4) is 0 Å². The third-order valence-electron chi connectivity index (χ3n) is 2.75. The second-order valence-corrected chi connectivity index (χ2v) is 4.13. The van der Waals surface area contributed by atoms with Crippen molar-refractivity contribution in [3.05, 3.63) is 42.1 Å². The molecule has 2 aromatic heterocycles. The highest BCUT2D eigenvalue weighted by atomic mass is 15.1. The largest absolute Gasteiger partial charge is 0.384 e. The Morgan fingerprint density at radius 1 is 1.24 bits per heavy atom. The molecule has 0 aliphatic carbocycles. The lowest BCUT2D eigenvalue weighted by atomic mass is 10.1. The molecule has 0 aromatic carbocycles. The number of hydrogen-bond donors (Lipinski definition) is 1. The minimum absolute atomic E-state index is 0.583. The monoisotopic (exact) mass is 230 g/mol. The zero-order valence-corrected chi connectivity index (χ0v) is 10.1. The van der Waals surface area contributed by atoms with E-state index in [1.54, 1.807) is 6.20 Å². The summed E-state index contributed by atoms with van der Waals surface area (Å²) in [7, 11) is 0. The molecule has 4 nitrogen and oxygen atoms in total. The molecule has 17 heavy (non-hydrogen) atoms. The highest BCUT2D eigenvalue weighted by Gasteiger charge is 2.03. The molecule has 4 heteroatoms. The van der Waals surface area contributed by atoms with E-state index in [-0.39, 0.29) is 0 Å². The number of rotatable bonds is 5. The summed E-state index contributed by atoms with van der Waals surface area (Å²) < 4.78 is 2.21. The predicted octanol–water partition coefficient (Wildman–Crippen LogP) is 2.06. The van der Waals surface area contributed by atoms with Gasteiger partial charge in [-0.05, 0) is 30.5 Å². The van der Waals surface area contributed by atoms with E-state index in [1.165, 1.54) is 5.56 Å². The van der Waals surface area contributed by atoms with E-state index in [0.717, 1.165) is 31.6 Å². The van der Waals surface area contributed by atoms with Gasteiger partial charge < -0.3 is 10.3 Å². The fourth-order valence-electron chi connectivity index (χ4n) is 1.92. The number of pyridine rings is 1. The maximum atomic E-state index is 5.65. The summed E-state index contributed by atoms with van der Waals surface area (Å²) in [5.74, 6) is 1.72. The number of aromatic nitrogens is 3. The second kappa shape index (κ2) is 5.48. The molecule has 0 saturated carbocycles. The lowest BCUT2D eigenvalue weighted by Gasteiger charge is -2.06. The smallest absolute Gasteiger partial charge is 0.123 e. The van der Waals surface area contributed by atoms with Gasteiger partial charge in [-0.15, -0.1) is 0 Å². The number of nitrogens with zero attached hydrogens (tertiary/aromatic N) is 3. The lowest BCUT2D eigenvalue weighted by Crippen LogP contribution is -2.04. The van der Waals surface area contributed by atoms with Crippen LogP contribution in [-0.4, -0.2) is 14.5 Å². The number of nitrogens with two attached hydrogens (primary N) is 1. The van der Waals surface area contributed by atoms with Crippen molar-refractivity contribution in [2.24, 2.45) is 0 Å². The Hall–Kier alpha value is -1.84. The molecule has 0 aliphatic heterocycles. The first-order valence-electron chi connectivity index (χ1n) is 6.00. The number of anilines is 1. The summed E-state index contributed by atoms with van der Waals surface area (Å²) >= 11 is 0. The van der Waals surface area contributed by atoms with Crippen LogP contribution in [0.1, 0.15) is 24.7 Å². The Balaban J connectivity index is 1.99. The normalized spacial score (nSPS) is 10.6. The minimum Gasteiger partial charge on any atom is -0.384 e. The van der Waals surface area contributed by atoms with Gasteiger partial charge in [0.1, 0.15) is 11.6 Å². The van der Waals surface area contributed by atoms with E-state index in [4.69, 9.17) is 5.73 Å². The second-order valence-electron chi connectivity index (χ2n) is 4.13. The van der Waals surface area contributed by atoms with E-state index < -0.39 is 0 Å². The van der Waals surface area contributed by atoms with E-state index in [0.29, 0.717) is 5.82 Å². The van der Waals surface area contributed by atoms with Crippen LogP contribution in [-0.2, 0) is 19.4 Å². The molecule has 90 valence electrons. The van der Waals surface area contributed by atoms with E-state index in [1.807, 2.05) is 24.5 Å². The van der Waals surface area contributed by atoms with Crippen molar-refractivity contribution in [2.75, 3.05) is 5.73 Å². The van der Waals surface area contributed by atoms with Gasteiger partial charge in [0.15, 0.2) is 0 Å². The van der Waals surface area contributed by atoms with Gasteiger partial charge in [-0.25, -0.2) is 9.97 Å². The third kappa shape index (κ3) is 3.06. The maximum Gasteiger partial charge on any atom is 0.123 e. The molecular weight excluding hydrogens is 212 g/mol. The Morgan fingerprint density at radius 3 is 2.88 bits per heavy atom. The van der Waals surface area contributed by atoms with Crippen LogP contribution < -0.4 is 5.73 Å². The Labute approximate surface area is 102 Å². The summed E-state index contributed by atoms with van der Waals surface area (Å²) in [6.45, 7) is 3.21. The number of aryl methyl sites for hydroxylation is 3. The Kier molecular flexibility index (Phi) is 3.75. The van der Waals surface area contributed by atoms with Crippen LogP contribution in [0.15, 0.2) is 30.7 Å². The molecule has 0 bridgehead atoms. The van der Waals surface area contributed by atoms with Crippen LogP contribution in [0.4, 0.5) is 5.82 Å². The maximum absolute atomic E-state index is 5.65. The fourth-order valence-corrected chi connectivity index (χ4v) is 1.92. The van der Waals surface area contributed by atoms with Gasteiger partial charge in [-0.2, -0.15) is 0 Å². The van der Waals surface area contributed by atoms with E-state index in [9.17, 15) is 0 Å². The summed E-state index contributed by atoms with van der Waals surface area (Å²) in [6, 6.07) is 3.93. The third-order valence-corrected chi connectivity index (χ3v) is 2.75. The molecule has 0 atom stereocenters. The topological polar surface area (TPSA) is 56.7 Å². The number of nitrogen functional groups attached to an aromatic ring is 1. The van der Waals surface area contributed by atoms with Crippen LogP contribution in [0.5, 0.6) is 0 Å². The molecule has 0 radical (unpaired) electrons. The molecular formula is C13H18N4. The zero-order chi connectivity index (χ0) is 12.1. The molecule has 0 aliphatic rings. The van der Waals surface area contributed by atoms with Crippen molar-refractivity contribution in [2.45, 2.75) is 32.7 Å². The Morgan fingerprint density at radius 2 is 2.12 bits per heavy atom. The average Bonchev–Trinajstić information content (AvgIpc) is 2.75. The lowest BCUT2D eigenvalue weighted by molar-refractivity contribution is 0.633. The summed E-state index contributed by atoms with van der Waals surface area (Å²) in [6.07, 6.45) is 8.68. The molecule has 0 saturated heterocycles. The SMILES string of the molecule is CCCn1ccnc1CCc1ccnc(N)c1. The Bertz CT molecular complexity index is 476. The van der Waals surface area contributed by atoms with Crippen LogP contribution in [0.3, 0.4) is 0 Å². The van der Waals surface area contributed by atoms with Gasteiger partial charge in [-0.3, -0.25) is 0 Å². The molecule has 2 N–H and O–H groups in total. The molecule has 0 fully saturated rings. The van der Waals surface area contributed by atoms with Gasteiger partial charge >= 0.3 is 0 Å². The van der Waals surface area contributed by atoms with E-state index >= 15 is 0 Å². The van der Waals surface area contributed by atoms with Gasteiger partial charge in [0.25, 0.3) is 0 Å². The standard InChI is InChI=1S/C13H18N4/c1-2-8-17-9-7-16-13(17)4-3-11-5-6-15-12(14)10-11/h5-7,9-10H,2-4,8H2,1H3,(H2,14,15). The van der Waals surface area contributed by atoms with Gasteiger partial charge in [0.05, 0.1) is 0 Å². The number of hydrogen-bond acceptors (Lipinski definition) is 3. The predicted molar refractivity (Wildman–Crippen MR) is 68.6 cm³/mol. The minimum atomic E-state index is 0.583. The zero-order valence-electron chi connectivity index (χ0n) is 10.1. The van der Waals surface area contributed by atoms with Crippen LogP contribution in [0, 0.1) is 0 Å². The van der Waals surface area contributed by atoms with Crippen molar-refractivity contribution in [1.82, 2.24) is 14.5 Å². The highest BCUT2D eigenvalue weighted by molar-refractivity contribution is 5.31. The first-order valence-corrected chi connectivity index (χ1v) is 6.00. The van der Waals surface area contributed by atoms with Gasteiger partial charge in [0, 0.05) is 31.6 Å². The molecule has 0 amide bonds. The van der Waals surface area contributed by atoms with Crippen LogP contribution in [0.25, 0.3) is 0 Å². The van der Waals surface area contributed by atoms with Crippen LogP contribution >= 0.6 is 0 Å². The first kappa shape index (κ1) is 11.6. The quantitative estimate of drug-likeness (QED) is 0.855. The summed E-state index contributed by atoms with van der Waals surface area (Å²) in [5.41, 5.74) is 6.86. The molecule has 2 aromatic rings. The van der Waals surface area contributed by atoms with E-state index in [2.05, 4.69) is 21.5 Å². The molecule has 2 rings (SSSR count).